The molecule has 0 spiro atoms. The summed E-state index contributed by atoms with van der Waals surface area (Å²) in [5.41, 5.74) is 0. The lowest BCUT2D eigenvalue weighted by Gasteiger charge is -2.43. The van der Waals surface area contributed by atoms with Crippen LogP contribution in [0.15, 0.2) is 12.8 Å². The minimum Gasteiger partial charge on any atom is -0.492 e. The van der Waals surface area contributed by atoms with E-state index in [0.29, 0.717) is 0 Å². The van der Waals surface area contributed by atoms with Crippen molar-refractivity contribution in [3.63, 3.8) is 0 Å². The molecular weight excluding hydrogens is 483 g/mol. The molecule has 30 heavy (non-hydrogen) atoms. The summed E-state index contributed by atoms with van der Waals surface area (Å²) in [6, 6.07) is 0. The zero-order valence-corrected chi connectivity index (χ0v) is 13.7. The first-order valence-corrected chi connectivity index (χ1v) is 6.71. The van der Waals surface area contributed by atoms with E-state index in [1.54, 1.807) is 0 Å². The highest BCUT2D eigenvalue weighted by Crippen LogP contribution is 2.64. The maximum atomic E-state index is 13.4. The Morgan fingerprint density at radius 3 is 1.07 bits per heavy atom. The van der Waals surface area contributed by atoms with E-state index in [0.717, 1.165) is 0 Å². The number of alkyl halides is 17. The lowest BCUT2D eigenvalue weighted by atomic mass is 9.88. The van der Waals surface area contributed by atoms with Crippen LogP contribution in [0, 0.1) is 0 Å². The highest BCUT2D eigenvalue weighted by molar-refractivity contribution is 5.15. The number of hydrogen-bond donors (Lipinski definition) is 0. The van der Waals surface area contributed by atoms with Gasteiger partial charge in [0.15, 0.2) is 6.10 Å². The first-order chi connectivity index (χ1) is 12.7. The molecule has 18 heteroatoms. The van der Waals surface area contributed by atoms with Crippen LogP contribution in [-0.2, 0) is 4.74 Å². The van der Waals surface area contributed by atoms with Crippen LogP contribution in [0.25, 0.3) is 0 Å². The summed E-state index contributed by atoms with van der Waals surface area (Å²) in [5, 5.41) is 0. The standard InChI is InChI=1S/C12H7F17O/c1-3-30-4(2)5(13,14)6(15,16)7(17,18)8(19,20)9(21,22)10(23,24)11(25,26)12(27,28)29/h3-4H,1H2,2H3. The van der Waals surface area contributed by atoms with Gasteiger partial charge in [0.2, 0.25) is 0 Å². The number of halogens is 17. The summed E-state index contributed by atoms with van der Waals surface area (Å²) >= 11 is 0. The summed E-state index contributed by atoms with van der Waals surface area (Å²) in [4.78, 5) is 0. The molecule has 0 fully saturated rings. The molecule has 0 saturated heterocycles. The monoisotopic (exact) mass is 490 g/mol. The lowest BCUT2D eigenvalue weighted by Crippen LogP contribution is -2.75. The molecule has 1 nitrogen and oxygen atoms in total. The van der Waals surface area contributed by atoms with Crippen molar-refractivity contribution in [2.24, 2.45) is 0 Å². The molecular formula is C12H7F17O. The Balaban J connectivity index is 6.73. The predicted octanol–water partition coefficient (Wildman–Crippen LogP) is 6.54. The van der Waals surface area contributed by atoms with E-state index >= 15 is 0 Å². The van der Waals surface area contributed by atoms with Crippen molar-refractivity contribution in [3.05, 3.63) is 12.8 Å². The Labute approximate surface area is 154 Å². The van der Waals surface area contributed by atoms with Gasteiger partial charge < -0.3 is 4.74 Å². The van der Waals surface area contributed by atoms with Gasteiger partial charge in [-0.15, -0.1) is 0 Å². The molecule has 180 valence electrons. The molecule has 0 N–H and O–H groups in total. The lowest BCUT2D eigenvalue weighted by molar-refractivity contribution is -0.463. The van der Waals surface area contributed by atoms with Gasteiger partial charge in [0.1, 0.15) is 0 Å². The zero-order chi connectivity index (χ0) is 25.0. The highest BCUT2D eigenvalue weighted by atomic mass is 19.4. The second-order valence-electron chi connectivity index (χ2n) is 5.51. The van der Waals surface area contributed by atoms with Gasteiger partial charge in [-0.1, -0.05) is 6.58 Å². The topological polar surface area (TPSA) is 9.23 Å². The van der Waals surface area contributed by atoms with Crippen LogP contribution in [-0.4, -0.2) is 53.7 Å². The van der Waals surface area contributed by atoms with Crippen LogP contribution in [0.4, 0.5) is 74.6 Å². The fourth-order valence-corrected chi connectivity index (χ4v) is 1.66. The predicted molar refractivity (Wildman–Crippen MR) is 61.4 cm³/mol. The Morgan fingerprint density at radius 2 is 0.800 bits per heavy atom. The van der Waals surface area contributed by atoms with Crippen LogP contribution >= 0.6 is 0 Å². The summed E-state index contributed by atoms with van der Waals surface area (Å²) < 4.78 is 224. The maximum absolute atomic E-state index is 13.4. The number of ether oxygens (including phenoxy) is 1. The van der Waals surface area contributed by atoms with E-state index < -0.39 is 53.7 Å². The van der Waals surface area contributed by atoms with Gasteiger partial charge in [-0.05, 0) is 6.92 Å². The van der Waals surface area contributed by atoms with Gasteiger partial charge >= 0.3 is 47.6 Å². The number of rotatable bonds is 9. The summed E-state index contributed by atoms with van der Waals surface area (Å²) in [5.74, 6) is -56.6. The Hall–Kier alpha value is -1.65. The largest absolute Gasteiger partial charge is 0.492 e. The molecule has 1 atom stereocenters. The van der Waals surface area contributed by atoms with Gasteiger partial charge in [-0.3, -0.25) is 0 Å². The minimum atomic E-state index is -8.63. The summed E-state index contributed by atoms with van der Waals surface area (Å²) in [7, 11) is 0. The molecule has 0 aromatic heterocycles. The smallest absolute Gasteiger partial charge is 0.460 e. The van der Waals surface area contributed by atoms with Crippen molar-refractivity contribution in [1.29, 1.82) is 0 Å². The molecule has 0 aliphatic heterocycles. The highest BCUT2D eigenvalue weighted by Gasteiger charge is 2.95. The molecule has 0 saturated carbocycles. The minimum absolute atomic E-state index is 0.141. The van der Waals surface area contributed by atoms with Crippen LogP contribution < -0.4 is 0 Å². The SMILES string of the molecule is C=COC(C)C(F)(F)C(F)(F)C(F)(F)C(F)(F)C(F)(F)C(F)(F)C(F)(F)C(F)(F)F. The van der Waals surface area contributed by atoms with Crippen molar-refractivity contribution in [2.75, 3.05) is 0 Å². The van der Waals surface area contributed by atoms with Gasteiger partial charge in [0, 0.05) is 0 Å². The van der Waals surface area contributed by atoms with E-state index in [4.69, 9.17) is 0 Å². The van der Waals surface area contributed by atoms with Gasteiger partial charge in [-0.25, -0.2) is 0 Å². The quantitative estimate of drug-likeness (QED) is 0.264. The molecule has 0 heterocycles. The second-order valence-corrected chi connectivity index (χ2v) is 5.51. The Morgan fingerprint density at radius 1 is 0.533 bits per heavy atom. The molecule has 0 aromatic carbocycles. The van der Waals surface area contributed by atoms with Crippen LogP contribution in [0.3, 0.4) is 0 Å². The summed E-state index contributed by atoms with van der Waals surface area (Å²) in [6.07, 6.45) is -11.5. The third-order valence-electron chi connectivity index (χ3n) is 3.56. The third-order valence-corrected chi connectivity index (χ3v) is 3.56. The second kappa shape index (κ2) is 7.20. The van der Waals surface area contributed by atoms with Crippen molar-refractivity contribution >= 4 is 0 Å². The first kappa shape index (κ1) is 28.3. The van der Waals surface area contributed by atoms with Crippen LogP contribution in [0.2, 0.25) is 0 Å². The maximum Gasteiger partial charge on any atom is 0.460 e. The molecule has 0 radical (unpaired) electrons. The van der Waals surface area contributed by atoms with Crippen molar-refractivity contribution in [3.8, 4) is 0 Å². The average Bonchev–Trinajstić information content (AvgIpc) is 2.52. The fraction of sp³-hybridized carbons (Fsp3) is 0.833. The van der Waals surface area contributed by atoms with Gasteiger partial charge in [0.05, 0.1) is 6.26 Å². The van der Waals surface area contributed by atoms with Gasteiger partial charge in [-0.2, -0.15) is 74.6 Å². The number of hydrogen-bond acceptors (Lipinski definition) is 1. The van der Waals surface area contributed by atoms with E-state index in [-0.39, 0.29) is 13.2 Å². The van der Waals surface area contributed by atoms with Crippen LogP contribution in [0.5, 0.6) is 0 Å². The van der Waals surface area contributed by atoms with Gasteiger partial charge in [0.25, 0.3) is 0 Å². The fourth-order valence-electron chi connectivity index (χ4n) is 1.66. The average molecular weight is 490 g/mol. The van der Waals surface area contributed by atoms with E-state index in [1.165, 1.54) is 0 Å². The molecule has 0 rings (SSSR count). The molecule has 1 unspecified atom stereocenters. The van der Waals surface area contributed by atoms with Crippen molar-refractivity contribution in [1.82, 2.24) is 0 Å². The third kappa shape index (κ3) is 3.42. The summed E-state index contributed by atoms with van der Waals surface area (Å²) in [6.45, 7) is 2.26. The van der Waals surface area contributed by atoms with Crippen molar-refractivity contribution in [2.45, 2.75) is 60.7 Å². The Kier molecular flexibility index (Phi) is 6.81. The molecule has 0 aromatic rings. The molecule has 0 amide bonds. The first-order valence-electron chi connectivity index (χ1n) is 6.71. The zero-order valence-electron chi connectivity index (χ0n) is 13.7. The van der Waals surface area contributed by atoms with Crippen molar-refractivity contribution < 1.29 is 79.4 Å². The molecule has 0 aliphatic carbocycles. The molecule has 0 bridgehead atoms. The van der Waals surface area contributed by atoms with E-state index in [1.807, 2.05) is 0 Å². The van der Waals surface area contributed by atoms with E-state index in [9.17, 15) is 74.6 Å². The molecule has 0 aliphatic rings. The normalized spacial score (nSPS) is 17.0. The van der Waals surface area contributed by atoms with E-state index in [2.05, 4.69) is 11.3 Å². The Bertz CT molecular complexity index is 631. The van der Waals surface area contributed by atoms with Crippen LogP contribution in [0.1, 0.15) is 6.92 Å².